The molecule has 1 heterocycles. The van der Waals surface area contributed by atoms with Crippen LogP contribution in [0.4, 0.5) is 10.5 Å². The van der Waals surface area contributed by atoms with Gasteiger partial charge in [0.15, 0.2) is 0 Å². The maximum Gasteiger partial charge on any atom is 0.336 e. The first-order chi connectivity index (χ1) is 9.47. The van der Waals surface area contributed by atoms with Crippen molar-refractivity contribution in [3.63, 3.8) is 0 Å². The molecule has 0 aliphatic rings. The molecule has 0 unspecified atom stereocenters. The molecule has 0 radical (unpaired) electrons. The molecule has 0 aliphatic carbocycles. The highest BCUT2D eigenvalue weighted by Gasteiger charge is 2.07. The van der Waals surface area contributed by atoms with Crippen LogP contribution in [0.15, 0.2) is 33.5 Å². The minimum atomic E-state index is -0.577. The molecule has 6 nitrogen and oxygen atoms in total. The van der Waals surface area contributed by atoms with Gasteiger partial charge in [-0.2, -0.15) is 0 Å². The van der Waals surface area contributed by atoms with Crippen LogP contribution in [-0.2, 0) is 6.42 Å². The molecule has 0 saturated carbocycles. The van der Waals surface area contributed by atoms with Gasteiger partial charge in [0.2, 0.25) is 0 Å². The lowest BCUT2D eigenvalue weighted by atomic mass is 10.1. The summed E-state index contributed by atoms with van der Waals surface area (Å²) in [6, 6.07) is 6.55. The molecule has 0 saturated heterocycles. The van der Waals surface area contributed by atoms with Gasteiger partial charge >= 0.3 is 11.7 Å². The van der Waals surface area contributed by atoms with Gasteiger partial charge in [0, 0.05) is 43.8 Å². The van der Waals surface area contributed by atoms with E-state index in [9.17, 15) is 9.59 Å². The maximum absolute atomic E-state index is 11.6. The summed E-state index contributed by atoms with van der Waals surface area (Å²) < 4.78 is 5.23. The molecule has 2 rings (SSSR count). The molecule has 0 aliphatic heterocycles. The standard InChI is InChI=1S/C14H17N3O3/c1-17(2)10-3-4-11-9(5-6-16-14(15)19)7-13(18)20-12(11)8-10/h3-4,7-8H,5-6H2,1-2H3,(H3,15,16,19). The molecule has 0 fully saturated rings. The van der Waals surface area contributed by atoms with E-state index >= 15 is 0 Å². The zero-order valence-corrected chi connectivity index (χ0v) is 11.5. The summed E-state index contributed by atoms with van der Waals surface area (Å²) in [5.41, 5.74) is 6.94. The van der Waals surface area contributed by atoms with Crippen LogP contribution < -0.4 is 21.6 Å². The number of urea groups is 1. The van der Waals surface area contributed by atoms with Gasteiger partial charge in [-0.05, 0) is 24.1 Å². The summed E-state index contributed by atoms with van der Waals surface area (Å²) in [7, 11) is 3.83. The predicted octanol–water partition coefficient (Wildman–Crippen LogP) is 1.07. The zero-order chi connectivity index (χ0) is 14.7. The fourth-order valence-electron chi connectivity index (χ4n) is 2.02. The van der Waals surface area contributed by atoms with Crippen molar-refractivity contribution >= 4 is 22.7 Å². The Balaban J connectivity index is 2.39. The smallest absolute Gasteiger partial charge is 0.336 e. The molecule has 2 aromatic rings. The van der Waals surface area contributed by atoms with Gasteiger partial charge in [-0.1, -0.05) is 0 Å². The van der Waals surface area contributed by atoms with E-state index < -0.39 is 11.7 Å². The van der Waals surface area contributed by atoms with Crippen LogP contribution in [0, 0.1) is 0 Å². The topological polar surface area (TPSA) is 88.6 Å². The van der Waals surface area contributed by atoms with E-state index in [1.165, 1.54) is 6.07 Å². The largest absolute Gasteiger partial charge is 0.423 e. The van der Waals surface area contributed by atoms with Crippen molar-refractivity contribution in [3.8, 4) is 0 Å². The van der Waals surface area contributed by atoms with Crippen LogP contribution in [0.2, 0.25) is 0 Å². The number of fused-ring (bicyclic) bond motifs is 1. The first kappa shape index (κ1) is 13.9. The molecule has 0 spiro atoms. The van der Waals surface area contributed by atoms with E-state index in [-0.39, 0.29) is 0 Å². The third kappa shape index (κ3) is 3.09. The summed E-state index contributed by atoms with van der Waals surface area (Å²) in [6.45, 7) is 0.378. The Morgan fingerprint density at radius 2 is 2.10 bits per heavy atom. The Morgan fingerprint density at radius 3 is 2.75 bits per heavy atom. The van der Waals surface area contributed by atoms with Crippen LogP contribution in [0.5, 0.6) is 0 Å². The Kier molecular flexibility index (Phi) is 3.93. The summed E-state index contributed by atoms with van der Waals surface area (Å²) in [4.78, 5) is 24.2. The number of amides is 2. The Labute approximate surface area is 116 Å². The van der Waals surface area contributed by atoms with Crippen molar-refractivity contribution in [1.82, 2.24) is 5.32 Å². The van der Waals surface area contributed by atoms with Crippen molar-refractivity contribution in [2.75, 3.05) is 25.5 Å². The van der Waals surface area contributed by atoms with E-state index in [4.69, 9.17) is 10.2 Å². The second-order valence-corrected chi connectivity index (χ2v) is 4.71. The molecule has 0 bridgehead atoms. The highest BCUT2D eigenvalue weighted by Crippen LogP contribution is 2.22. The summed E-state index contributed by atoms with van der Waals surface area (Å²) in [5, 5.41) is 3.37. The average Bonchev–Trinajstić information content (AvgIpc) is 2.37. The SMILES string of the molecule is CN(C)c1ccc2c(CCNC(N)=O)cc(=O)oc2c1. The summed E-state index contributed by atoms with van der Waals surface area (Å²) in [6.07, 6.45) is 0.520. The molecular weight excluding hydrogens is 258 g/mol. The average molecular weight is 275 g/mol. The molecular formula is C14H17N3O3. The Morgan fingerprint density at radius 1 is 1.35 bits per heavy atom. The highest BCUT2D eigenvalue weighted by atomic mass is 16.4. The number of nitrogens with one attached hydrogen (secondary N) is 1. The van der Waals surface area contributed by atoms with Gasteiger partial charge in [0.1, 0.15) is 5.58 Å². The van der Waals surface area contributed by atoms with Gasteiger partial charge < -0.3 is 20.4 Å². The fourth-order valence-corrected chi connectivity index (χ4v) is 2.02. The second kappa shape index (κ2) is 5.64. The Bertz CT molecular complexity index is 692. The van der Waals surface area contributed by atoms with Gasteiger partial charge in [-0.15, -0.1) is 0 Å². The number of hydrogen-bond acceptors (Lipinski definition) is 4. The normalized spacial score (nSPS) is 10.5. The maximum atomic E-state index is 11.6. The molecule has 1 aromatic heterocycles. The van der Waals surface area contributed by atoms with Crippen LogP contribution in [-0.4, -0.2) is 26.7 Å². The lowest BCUT2D eigenvalue weighted by Gasteiger charge is -2.13. The van der Waals surface area contributed by atoms with Crippen molar-refractivity contribution in [3.05, 3.63) is 40.2 Å². The molecule has 6 heteroatoms. The third-order valence-electron chi connectivity index (χ3n) is 3.02. The quantitative estimate of drug-likeness (QED) is 0.817. The van der Waals surface area contributed by atoms with E-state index in [2.05, 4.69) is 5.32 Å². The van der Waals surface area contributed by atoms with Crippen LogP contribution in [0.1, 0.15) is 5.56 Å². The van der Waals surface area contributed by atoms with Gasteiger partial charge in [0.25, 0.3) is 0 Å². The number of primary amides is 1. The monoisotopic (exact) mass is 275 g/mol. The van der Waals surface area contributed by atoms with Gasteiger partial charge in [0.05, 0.1) is 0 Å². The van der Waals surface area contributed by atoms with Gasteiger partial charge in [-0.3, -0.25) is 0 Å². The van der Waals surface area contributed by atoms with Crippen molar-refractivity contribution in [2.24, 2.45) is 5.73 Å². The second-order valence-electron chi connectivity index (χ2n) is 4.71. The first-order valence-corrected chi connectivity index (χ1v) is 6.25. The van der Waals surface area contributed by atoms with E-state index in [0.717, 1.165) is 16.6 Å². The summed E-state index contributed by atoms with van der Waals surface area (Å²) >= 11 is 0. The molecule has 0 atom stereocenters. The van der Waals surface area contributed by atoms with Crippen LogP contribution in [0.3, 0.4) is 0 Å². The van der Waals surface area contributed by atoms with Gasteiger partial charge in [-0.25, -0.2) is 9.59 Å². The molecule has 1 aromatic carbocycles. The van der Waals surface area contributed by atoms with E-state index in [0.29, 0.717) is 18.5 Å². The van der Waals surface area contributed by atoms with E-state index in [1.54, 1.807) is 0 Å². The number of rotatable bonds is 4. The molecule has 20 heavy (non-hydrogen) atoms. The molecule has 2 amide bonds. The number of nitrogens with zero attached hydrogens (tertiary/aromatic N) is 1. The number of benzene rings is 1. The van der Waals surface area contributed by atoms with E-state index in [1.807, 2.05) is 37.2 Å². The highest BCUT2D eigenvalue weighted by molar-refractivity contribution is 5.83. The number of carbonyl (C=O) groups is 1. The fraction of sp³-hybridized carbons (Fsp3) is 0.286. The first-order valence-electron chi connectivity index (χ1n) is 6.25. The number of hydrogen-bond donors (Lipinski definition) is 2. The van der Waals surface area contributed by atoms with Crippen molar-refractivity contribution < 1.29 is 9.21 Å². The number of anilines is 1. The summed E-state index contributed by atoms with van der Waals surface area (Å²) in [5.74, 6) is 0. The van der Waals surface area contributed by atoms with Crippen molar-refractivity contribution in [2.45, 2.75) is 6.42 Å². The minimum absolute atomic E-state index is 0.378. The van der Waals surface area contributed by atoms with Crippen molar-refractivity contribution in [1.29, 1.82) is 0 Å². The number of carbonyl (C=O) groups excluding carboxylic acids is 1. The Hall–Kier alpha value is -2.50. The predicted molar refractivity (Wildman–Crippen MR) is 78.1 cm³/mol. The van der Waals surface area contributed by atoms with Crippen LogP contribution >= 0.6 is 0 Å². The van der Waals surface area contributed by atoms with Crippen LogP contribution in [0.25, 0.3) is 11.0 Å². The number of nitrogens with two attached hydrogens (primary N) is 1. The zero-order valence-electron chi connectivity index (χ0n) is 11.5. The lowest BCUT2D eigenvalue weighted by Crippen LogP contribution is -2.31. The molecule has 106 valence electrons. The molecule has 3 N–H and O–H groups in total. The third-order valence-corrected chi connectivity index (χ3v) is 3.02. The minimum Gasteiger partial charge on any atom is -0.423 e. The lowest BCUT2D eigenvalue weighted by molar-refractivity contribution is 0.249.